The molecular weight excluding hydrogens is 288 g/mol. The molecule has 0 atom stereocenters. The predicted molar refractivity (Wildman–Crippen MR) is 85.7 cm³/mol. The molecule has 0 bridgehead atoms. The minimum atomic E-state index is -1.02. The van der Waals surface area contributed by atoms with Crippen molar-refractivity contribution in [1.82, 2.24) is 10.2 Å². The fourth-order valence-corrected chi connectivity index (χ4v) is 2.75. The number of nitrogens with one attached hydrogen (secondary N) is 1. The lowest BCUT2D eigenvalue weighted by Gasteiger charge is -2.19. The number of rotatable bonds is 9. The van der Waals surface area contributed by atoms with Crippen LogP contribution in [0.5, 0.6) is 0 Å². The molecule has 0 aromatic carbocycles. The summed E-state index contributed by atoms with van der Waals surface area (Å²) in [7, 11) is 0. The van der Waals surface area contributed by atoms with Gasteiger partial charge in [-0.25, -0.2) is 4.79 Å². The third-order valence-electron chi connectivity index (χ3n) is 3.01. The summed E-state index contributed by atoms with van der Waals surface area (Å²) >= 11 is 1.31. The smallest absolute Gasteiger partial charge is 0.328 e. The van der Waals surface area contributed by atoms with Crippen LogP contribution in [-0.4, -0.2) is 48.1 Å². The van der Waals surface area contributed by atoms with Gasteiger partial charge in [-0.15, -0.1) is 11.3 Å². The van der Waals surface area contributed by atoms with Gasteiger partial charge in [-0.3, -0.25) is 4.79 Å². The van der Waals surface area contributed by atoms with Crippen LogP contribution >= 0.6 is 11.3 Å². The third kappa shape index (κ3) is 6.10. The number of carboxylic acids is 1. The molecule has 0 saturated heterocycles. The normalized spacial score (nSPS) is 11.2. The summed E-state index contributed by atoms with van der Waals surface area (Å²) in [5.41, 5.74) is 0.640. The molecule has 1 rings (SSSR count). The Morgan fingerprint density at radius 3 is 2.76 bits per heavy atom. The number of carbonyl (C=O) groups excluding carboxylic acids is 1. The quantitative estimate of drug-likeness (QED) is 0.687. The van der Waals surface area contributed by atoms with Crippen molar-refractivity contribution < 1.29 is 14.7 Å². The summed E-state index contributed by atoms with van der Waals surface area (Å²) in [6, 6.07) is 1.74. The van der Waals surface area contributed by atoms with Crippen molar-refractivity contribution in [2.24, 2.45) is 0 Å². The topological polar surface area (TPSA) is 69.6 Å². The monoisotopic (exact) mass is 310 g/mol. The van der Waals surface area contributed by atoms with Gasteiger partial charge < -0.3 is 15.3 Å². The summed E-state index contributed by atoms with van der Waals surface area (Å²) in [6.45, 7) is 7.64. The molecule has 1 aromatic heterocycles. The van der Waals surface area contributed by atoms with Crippen molar-refractivity contribution in [1.29, 1.82) is 0 Å². The second-order valence-electron chi connectivity index (χ2n) is 4.57. The molecule has 1 amide bonds. The van der Waals surface area contributed by atoms with Crippen LogP contribution in [0.1, 0.15) is 35.5 Å². The molecule has 5 nitrogen and oxygen atoms in total. The van der Waals surface area contributed by atoms with Gasteiger partial charge in [0.2, 0.25) is 0 Å². The number of carbonyl (C=O) groups is 2. The maximum atomic E-state index is 12.1. The van der Waals surface area contributed by atoms with E-state index < -0.39 is 5.97 Å². The largest absolute Gasteiger partial charge is 0.478 e. The summed E-state index contributed by atoms with van der Waals surface area (Å²) in [4.78, 5) is 25.5. The Hall–Kier alpha value is -1.66. The first-order valence-corrected chi connectivity index (χ1v) is 7.95. The zero-order valence-electron chi connectivity index (χ0n) is 12.5. The molecule has 0 unspecified atom stereocenters. The molecule has 6 heteroatoms. The Morgan fingerprint density at radius 1 is 1.38 bits per heavy atom. The van der Waals surface area contributed by atoms with Crippen LogP contribution in [0, 0.1) is 0 Å². The lowest BCUT2D eigenvalue weighted by molar-refractivity contribution is -0.131. The molecule has 116 valence electrons. The molecule has 1 heterocycles. The molecule has 0 aliphatic carbocycles. The molecule has 0 fully saturated rings. The predicted octanol–water partition coefficient (Wildman–Crippen LogP) is 2.31. The second-order valence-corrected chi connectivity index (χ2v) is 5.48. The molecule has 21 heavy (non-hydrogen) atoms. The van der Waals surface area contributed by atoms with Crippen molar-refractivity contribution in [2.75, 3.05) is 26.2 Å². The molecule has 0 spiro atoms. The molecule has 0 aliphatic heterocycles. The highest BCUT2D eigenvalue weighted by Crippen LogP contribution is 2.18. The van der Waals surface area contributed by atoms with E-state index in [9.17, 15) is 9.59 Å². The average Bonchev–Trinajstić information content (AvgIpc) is 2.92. The number of likely N-dealkylation sites (N-methyl/N-ethyl adjacent to an activating group) is 1. The minimum Gasteiger partial charge on any atom is -0.478 e. The summed E-state index contributed by atoms with van der Waals surface area (Å²) in [5, 5.41) is 13.3. The first kappa shape index (κ1) is 17.4. The molecule has 0 saturated carbocycles. The summed E-state index contributed by atoms with van der Waals surface area (Å²) in [6.07, 6.45) is 3.58. The van der Waals surface area contributed by atoms with E-state index in [0.29, 0.717) is 17.0 Å². The fraction of sp³-hybridized carbons (Fsp3) is 0.467. The number of amides is 1. The van der Waals surface area contributed by atoms with E-state index >= 15 is 0 Å². The van der Waals surface area contributed by atoms with E-state index in [1.807, 2.05) is 0 Å². The van der Waals surface area contributed by atoms with Crippen LogP contribution in [0.25, 0.3) is 6.08 Å². The van der Waals surface area contributed by atoms with Gasteiger partial charge >= 0.3 is 5.97 Å². The lowest BCUT2D eigenvalue weighted by atomic mass is 10.2. The Labute approximate surface area is 129 Å². The Balaban J connectivity index is 2.53. The number of thiophene rings is 1. The zero-order valence-corrected chi connectivity index (χ0v) is 13.3. The lowest BCUT2D eigenvalue weighted by Crippen LogP contribution is -2.35. The van der Waals surface area contributed by atoms with Crippen molar-refractivity contribution >= 4 is 29.3 Å². The van der Waals surface area contributed by atoms with Crippen LogP contribution in [0.2, 0.25) is 0 Å². The maximum Gasteiger partial charge on any atom is 0.328 e. The highest BCUT2D eigenvalue weighted by atomic mass is 32.1. The molecule has 2 N–H and O–H groups in total. The molecule has 0 aliphatic rings. The van der Waals surface area contributed by atoms with Gasteiger partial charge in [0.25, 0.3) is 5.91 Å². The number of hydrogen-bond donors (Lipinski definition) is 2. The maximum absolute atomic E-state index is 12.1. The van der Waals surface area contributed by atoms with Crippen LogP contribution in [0.4, 0.5) is 0 Å². The molecular formula is C15H22N2O3S. The standard InChI is InChI=1S/C15H22N2O3S/c1-3-9-17(4-2)10-8-16-15(20)14-12(7-11-21-14)5-6-13(18)19/h5-7,11H,3-4,8-10H2,1-2H3,(H,16,20)(H,18,19)/b6-5+. The van der Waals surface area contributed by atoms with E-state index in [4.69, 9.17) is 5.11 Å². The second kappa shape index (κ2) is 9.31. The van der Waals surface area contributed by atoms with Gasteiger partial charge in [0.1, 0.15) is 0 Å². The Morgan fingerprint density at radius 2 is 2.14 bits per heavy atom. The summed E-state index contributed by atoms with van der Waals surface area (Å²) in [5.74, 6) is -1.17. The van der Waals surface area contributed by atoms with E-state index in [-0.39, 0.29) is 5.91 Å². The van der Waals surface area contributed by atoms with Gasteiger partial charge in [-0.2, -0.15) is 0 Å². The number of aliphatic carboxylic acids is 1. The Bertz CT molecular complexity index is 497. The minimum absolute atomic E-state index is 0.150. The van der Waals surface area contributed by atoms with E-state index in [1.165, 1.54) is 17.4 Å². The van der Waals surface area contributed by atoms with Crippen molar-refractivity contribution in [3.8, 4) is 0 Å². The average molecular weight is 310 g/mol. The van der Waals surface area contributed by atoms with E-state index in [2.05, 4.69) is 24.1 Å². The summed E-state index contributed by atoms with van der Waals surface area (Å²) < 4.78 is 0. The van der Waals surface area contributed by atoms with Crippen molar-refractivity contribution in [2.45, 2.75) is 20.3 Å². The van der Waals surface area contributed by atoms with E-state index in [1.54, 1.807) is 11.4 Å². The van der Waals surface area contributed by atoms with E-state index in [0.717, 1.165) is 32.1 Å². The zero-order chi connectivity index (χ0) is 15.7. The third-order valence-corrected chi connectivity index (χ3v) is 3.94. The van der Waals surface area contributed by atoms with Gasteiger partial charge in [0.05, 0.1) is 4.88 Å². The number of hydrogen-bond acceptors (Lipinski definition) is 4. The van der Waals surface area contributed by atoms with Gasteiger partial charge in [-0.1, -0.05) is 13.8 Å². The van der Waals surface area contributed by atoms with Gasteiger partial charge in [-0.05, 0) is 42.6 Å². The fourth-order valence-electron chi connectivity index (χ4n) is 1.95. The first-order valence-electron chi connectivity index (χ1n) is 7.07. The van der Waals surface area contributed by atoms with Crippen molar-refractivity contribution in [3.63, 3.8) is 0 Å². The molecule has 0 radical (unpaired) electrons. The highest BCUT2D eigenvalue weighted by molar-refractivity contribution is 7.12. The highest BCUT2D eigenvalue weighted by Gasteiger charge is 2.11. The van der Waals surface area contributed by atoms with Crippen LogP contribution < -0.4 is 5.32 Å². The van der Waals surface area contributed by atoms with Crippen molar-refractivity contribution in [3.05, 3.63) is 28.0 Å². The van der Waals surface area contributed by atoms with Crippen LogP contribution in [-0.2, 0) is 4.79 Å². The van der Waals surface area contributed by atoms with Gasteiger partial charge in [0, 0.05) is 19.2 Å². The number of nitrogens with zero attached hydrogens (tertiary/aromatic N) is 1. The Kier molecular flexibility index (Phi) is 7.71. The first-order chi connectivity index (χ1) is 10.1. The number of carboxylic acid groups (broad SMARTS) is 1. The SMILES string of the molecule is CCCN(CC)CCNC(=O)c1sccc1/C=C/C(=O)O. The molecule has 1 aromatic rings. The van der Waals surface area contributed by atoms with Gasteiger partial charge in [0.15, 0.2) is 0 Å². The van der Waals surface area contributed by atoms with Crippen LogP contribution in [0.15, 0.2) is 17.5 Å². The van der Waals surface area contributed by atoms with Crippen LogP contribution in [0.3, 0.4) is 0 Å².